The molecule has 0 saturated carbocycles. The van der Waals surface area contributed by atoms with Crippen LogP contribution in [0.1, 0.15) is 20.8 Å². The molecule has 1 heterocycles. The second-order valence-corrected chi connectivity index (χ2v) is 4.35. The lowest BCUT2D eigenvalue weighted by atomic mass is 9.97. The Balaban J connectivity index is 2.70. The van der Waals surface area contributed by atoms with Gasteiger partial charge in [0, 0.05) is 10.9 Å². The highest BCUT2D eigenvalue weighted by Crippen LogP contribution is 2.34. The molecule has 2 heteroatoms. The first-order valence-corrected chi connectivity index (χ1v) is 4.40. The Hall–Kier alpha value is -0.240. The van der Waals surface area contributed by atoms with E-state index in [4.69, 9.17) is 0 Å². The van der Waals surface area contributed by atoms with Gasteiger partial charge in [-0.2, -0.15) is 0 Å². The molecule has 1 atom stereocenters. The number of thioether (sulfide) groups is 1. The smallest absolute Gasteiger partial charge is 0.0605 e. The lowest BCUT2D eigenvalue weighted by Crippen LogP contribution is -2.25. The third kappa shape index (κ3) is 1.43. The molecule has 0 aromatic rings. The van der Waals surface area contributed by atoms with E-state index in [-0.39, 0.29) is 4.75 Å². The van der Waals surface area contributed by atoms with E-state index in [1.807, 2.05) is 11.7 Å². The molecule has 0 spiro atoms. The van der Waals surface area contributed by atoms with Crippen LogP contribution in [0.5, 0.6) is 0 Å². The third-order valence-corrected chi connectivity index (χ3v) is 3.35. The van der Waals surface area contributed by atoms with Crippen LogP contribution < -0.4 is 0 Å². The SMILES string of the molecule is CC(C)C1(C)C=CN=CS1. The molecule has 0 amide bonds. The van der Waals surface area contributed by atoms with E-state index in [1.165, 1.54) is 0 Å². The van der Waals surface area contributed by atoms with E-state index in [1.54, 1.807) is 11.8 Å². The molecule has 0 aromatic carbocycles. The Bertz CT molecular complexity index is 172. The van der Waals surface area contributed by atoms with E-state index in [2.05, 4.69) is 31.8 Å². The van der Waals surface area contributed by atoms with Gasteiger partial charge in [-0.05, 0) is 18.9 Å². The Morgan fingerprint density at radius 3 is 2.50 bits per heavy atom. The lowest BCUT2D eigenvalue weighted by molar-refractivity contribution is 0.549. The molecule has 1 nitrogen and oxygen atoms in total. The van der Waals surface area contributed by atoms with E-state index < -0.39 is 0 Å². The quantitative estimate of drug-likeness (QED) is 0.567. The minimum Gasteiger partial charge on any atom is -0.258 e. The highest BCUT2D eigenvalue weighted by Gasteiger charge is 2.26. The Morgan fingerprint density at radius 2 is 2.20 bits per heavy atom. The molecule has 1 unspecified atom stereocenters. The maximum Gasteiger partial charge on any atom is 0.0605 e. The first kappa shape index (κ1) is 7.86. The van der Waals surface area contributed by atoms with Crippen molar-refractivity contribution in [1.82, 2.24) is 0 Å². The van der Waals surface area contributed by atoms with Gasteiger partial charge in [-0.3, -0.25) is 4.99 Å². The zero-order chi connectivity index (χ0) is 7.61. The van der Waals surface area contributed by atoms with Gasteiger partial charge >= 0.3 is 0 Å². The van der Waals surface area contributed by atoms with Crippen molar-refractivity contribution in [3.05, 3.63) is 12.3 Å². The fourth-order valence-corrected chi connectivity index (χ4v) is 1.51. The van der Waals surface area contributed by atoms with Gasteiger partial charge in [0.05, 0.1) is 5.55 Å². The van der Waals surface area contributed by atoms with Crippen LogP contribution >= 0.6 is 11.8 Å². The minimum atomic E-state index is 0.266. The first-order chi connectivity index (χ1) is 4.65. The number of aliphatic imine (C=N–C) groups is 1. The number of rotatable bonds is 1. The van der Waals surface area contributed by atoms with E-state index in [9.17, 15) is 0 Å². The maximum absolute atomic E-state index is 4.01. The van der Waals surface area contributed by atoms with Crippen molar-refractivity contribution in [1.29, 1.82) is 0 Å². The van der Waals surface area contributed by atoms with Crippen LogP contribution in [0, 0.1) is 5.92 Å². The second kappa shape index (κ2) is 2.79. The summed E-state index contributed by atoms with van der Waals surface area (Å²) < 4.78 is 0.266. The normalized spacial score (nSPS) is 31.6. The van der Waals surface area contributed by atoms with Gasteiger partial charge in [-0.25, -0.2) is 0 Å². The maximum atomic E-state index is 4.01. The van der Waals surface area contributed by atoms with Crippen LogP contribution in [0.4, 0.5) is 0 Å². The predicted molar refractivity (Wildman–Crippen MR) is 48.5 cm³/mol. The zero-order valence-electron chi connectivity index (χ0n) is 6.66. The monoisotopic (exact) mass is 155 g/mol. The summed E-state index contributed by atoms with van der Waals surface area (Å²) >= 11 is 1.80. The van der Waals surface area contributed by atoms with Crippen molar-refractivity contribution in [3.8, 4) is 0 Å². The Morgan fingerprint density at radius 1 is 1.50 bits per heavy atom. The highest BCUT2D eigenvalue weighted by molar-refractivity contribution is 8.13. The molecule has 1 rings (SSSR count). The standard InChI is InChI=1S/C8H13NS/c1-7(2)8(3)4-5-9-6-10-8/h4-7H,1-3H3. The molecule has 0 saturated heterocycles. The van der Waals surface area contributed by atoms with Crippen LogP contribution in [-0.2, 0) is 0 Å². The summed E-state index contributed by atoms with van der Waals surface area (Å²) in [6.45, 7) is 6.71. The molecule has 0 N–H and O–H groups in total. The van der Waals surface area contributed by atoms with Gasteiger partial charge in [0.1, 0.15) is 0 Å². The van der Waals surface area contributed by atoms with Gasteiger partial charge in [-0.1, -0.05) is 13.8 Å². The molecular weight excluding hydrogens is 142 g/mol. The number of hydrogen-bond acceptors (Lipinski definition) is 2. The average Bonchev–Trinajstić information content (AvgIpc) is 1.89. The predicted octanol–water partition coefficient (Wildman–Crippen LogP) is 2.69. The second-order valence-electron chi connectivity index (χ2n) is 3.03. The third-order valence-electron chi connectivity index (χ3n) is 2.01. The van der Waals surface area contributed by atoms with Crippen molar-refractivity contribution in [2.45, 2.75) is 25.5 Å². The van der Waals surface area contributed by atoms with E-state index in [0.717, 1.165) is 0 Å². The van der Waals surface area contributed by atoms with Gasteiger partial charge in [0.25, 0.3) is 0 Å². The van der Waals surface area contributed by atoms with Gasteiger partial charge in [0.15, 0.2) is 0 Å². The van der Waals surface area contributed by atoms with Crippen LogP contribution in [-0.4, -0.2) is 10.3 Å². The molecule has 10 heavy (non-hydrogen) atoms. The molecule has 0 fully saturated rings. The van der Waals surface area contributed by atoms with Crippen LogP contribution in [0.15, 0.2) is 17.3 Å². The molecule has 0 aromatic heterocycles. The van der Waals surface area contributed by atoms with Crippen molar-refractivity contribution >= 4 is 17.3 Å². The summed E-state index contributed by atoms with van der Waals surface area (Å²) in [6, 6.07) is 0. The van der Waals surface area contributed by atoms with E-state index >= 15 is 0 Å². The summed E-state index contributed by atoms with van der Waals surface area (Å²) in [7, 11) is 0. The van der Waals surface area contributed by atoms with E-state index in [0.29, 0.717) is 5.92 Å². The Kier molecular flexibility index (Phi) is 2.19. The summed E-state index contributed by atoms with van der Waals surface area (Å²) in [5.74, 6) is 0.667. The molecule has 0 radical (unpaired) electrons. The fourth-order valence-electron chi connectivity index (χ4n) is 0.738. The number of nitrogens with zero attached hydrogens (tertiary/aromatic N) is 1. The topological polar surface area (TPSA) is 12.4 Å². The van der Waals surface area contributed by atoms with Crippen LogP contribution in [0.2, 0.25) is 0 Å². The van der Waals surface area contributed by atoms with Gasteiger partial charge in [-0.15, -0.1) is 11.8 Å². The largest absolute Gasteiger partial charge is 0.258 e. The fraction of sp³-hybridized carbons (Fsp3) is 0.625. The summed E-state index contributed by atoms with van der Waals surface area (Å²) in [4.78, 5) is 4.01. The van der Waals surface area contributed by atoms with Crippen LogP contribution in [0.25, 0.3) is 0 Å². The number of hydrogen-bond donors (Lipinski definition) is 0. The van der Waals surface area contributed by atoms with Crippen molar-refractivity contribution in [2.24, 2.45) is 10.9 Å². The Labute approximate surface area is 66.6 Å². The van der Waals surface area contributed by atoms with Crippen molar-refractivity contribution in [3.63, 3.8) is 0 Å². The molecule has 1 aliphatic rings. The highest BCUT2D eigenvalue weighted by atomic mass is 32.2. The summed E-state index contributed by atoms with van der Waals surface area (Å²) in [5.41, 5.74) is 1.92. The zero-order valence-corrected chi connectivity index (χ0v) is 7.48. The average molecular weight is 155 g/mol. The van der Waals surface area contributed by atoms with Crippen molar-refractivity contribution in [2.75, 3.05) is 0 Å². The van der Waals surface area contributed by atoms with Crippen LogP contribution in [0.3, 0.4) is 0 Å². The van der Waals surface area contributed by atoms with Gasteiger partial charge in [0.2, 0.25) is 0 Å². The van der Waals surface area contributed by atoms with Gasteiger partial charge < -0.3 is 0 Å². The lowest BCUT2D eigenvalue weighted by Gasteiger charge is -2.29. The minimum absolute atomic E-state index is 0.266. The van der Waals surface area contributed by atoms with Crippen molar-refractivity contribution < 1.29 is 0 Å². The molecule has 0 aliphatic carbocycles. The first-order valence-electron chi connectivity index (χ1n) is 3.52. The summed E-state index contributed by atoms with van der Waals surface area (Å²) in [6.07, 6.45) is 4.05. The molecular formula is C8H13NS. The summed E-state index contributed by atoms with van der Waals surface area (Å²) in [5, 5.41) is 0. The molecule has 56 valence electrons. The molecule has 1 aliphatic heterocycles. The molecule has 0 bridgehead atoms.